The fraction of sp³-hybridized carbons (Fsp3) is 0.500. The van der Waals surface area contributed by atoms with Crippen LogP contribution in [0.3, 0.4) is 0 Å². The molecule has 2 unspecified atom stereocenters. The van der Waals surface area contributed by atoms with Gasteiger partial charge in [0.25, 0.3) is 0 Å². The lowest BCUT2D eigenvalue weighted by atomic mass is 9.87. The Morgan fingerprint density at radius 1 is 1.38 bits per heavy atom. The van der Waals surface area contributed by atoms with Gasteiger partial charge in [0.15, 0.2) is 0 Å². The van der Waals surface area contributed by atoms with Gasteiger partial charge >= 0.3 is 0 Å². The summed E-state index contributed by atoms with van der Waals surface area (Å²) >= 11 is 0. The summed E-state index contributed by atoms with van der Waals surface area (Å²) in [7, 11) is 1.71. The fourth-order valence-corrected chi connectivity index (χ4v) is 3.10. The molecule has 3 rings (SSSR count). The number of hydrogen-bond donors (Lipinski definition) is 0. The zero-order valence-corrected chi connectivity index (χ0v) is 9.48. The normalized spacial score (nSPS) is 32.2. The van der Waals surface area contributed by atoms with E-state index < -0.39 is 0 Å². The summed E-state index contributed by atoms with van der Waals surface area (Å²) in [5, 5.41) is 0. The molecule has 0 aliphatic heterocycles. The van der Waals surface area contributed by atoms with Crippen LogP contribution in [0.5, 0.6) is 5.75 Å². The average molecular weight is 216 g/mol. The predicted molar refractivity (Wildman–Crippen MR) is 61.6 cm³/mol. The van der Waals surface area contributed by atoms with Crippen LogP contribution < -0.4 is 4.74 Å². The van der Waals surface area contributed by atoms with E-state index in [1.165, 1.54) is 18.4 Å². The Labute approximate surface area is 95.6 Å². The first-order valence-electron chi connectivity index (χ1n) is 5.91. The number of carbonyl (C=O) groups is 1. The van der Waals surface area contributed by atoms with Crippen molar-refractivity contribution in [3.63, 3.8) is 0 Å². The van der Waals surface area contributed by atoms with Gasteiger partial charge in [-0.25, -0.2) is 0 Å². The Morgan fingerprint density at radius 2 is 2.12 bits per heavy atom. The van der Waals surface area contributed by atoms with Crippen molar-refractivity contribution >= 4 is 6.29 Å². The Bertz CT molecular complexity index is 422. The topological polar surface area (TPSA) is 26.3 Å². The van der Waals surface area contributed by atoms with Crippen LogP contribution in [0.4, 0.5) is 0 Å². The van der Waals surface area contributed by atoms with Gasteiger partial charge in [0, 0.05) is 16.9 Å². The Hall–Kier alpha value is -1.31. The summed E-state index contributed by atoms with van der Waals surface area (Å²) in [6.07, 6.45) is 4.68. The lowest BCUT2D eigenvalue weighted by molar-refractivity contribution is -0.109. The lowest BCUT2D eigenvalue weighted by Gasteiger charge is -2.19. The van der Waals surface area contributed by atoms with Crippen molar-refractivity contribution in [2.45, 2.75) is 24.7 Å². The number of para-hydroxylation sites is 1. The molecular formula is C14H16O2. The molecule has 2 nitrogen and oxygen atoms in total. The number of hydrogen-bond acceptors (Lipinski definition) is 2. The minimum Gasteiger partial charge on any atom is -0.496 e. The van der Waals surface area contributed by atoms with Crippen molar-refractivity contribution in [2.24, 2.45) is 11.8 Å². The van der Waals surface area contributed by atoms with Crippen LogP contribution in [0, 0.1) is 11.8 Å². The molecule has 0 N–H and O–H groups in total. The molecule has 0 amide bonds. The minimum absolute atomic E-state index is 0.119. The van der Waals surface area contributed by atoms with Crippen LogP contribution >= 0.6 is 0 Å². The third-order valence-electron chi connectivity index (χ3n) is 4.14. The smallest absolute Gasteiger partial charge is 0.124 e. The van der Waals surface area contributed by atoms with Crippen molar-refractivity contribution in [3.8, 4) is 5.75 Å². The molecule has 16 heavy (non-hydrogen) atoms. The van der Waals surface area contributed by atoms with Crippen molar-refractivity contribution in [2.75, 3.05) is 7.11 Å². The summed E-state index contributed by atoms with van der Waals surface area (Å²) in [6.45, 7) is 0. The van der Waals surface area contributed by atoms with E-state index in [9.17, 15) is 4.79 Å². The number of ether oxygens (including phenoxy) is 1. The molecule has 1 aromatic rings. The Kier molecular flexibility index (Phi) is 2.06. The molecule has 1 aromatic carbocycles. The van der Waals surface area contributed by atoms with Crippen LogP contribution in [0.1, 0.15) is 24.8 Å². The van der Waals surface area contributed by atoms with Gasteiger partial charge in [-0.1, -0.05) is 18.2 Å². The molecule has 0 spiro atoms. The van der Waals surface area contributed by atoms with Crippen molar-refractivity contribution < 1.29 is 9.53 Å². The molecule has 0 saturated heterocycles. The highest BCUT2D eigenvalue weighted by atomic mass is 16.5. The fourth-order valence-electron chi connectivity index (χ4n) is 3.10. The number of carbonyl (C=O) groups excluding carboxylic acids is 1. The molecule has 84 valence electrons. The van der Waals surface area contributed by atoms with E-state index in [0.29, 0.717) is 5.92 Å². The molecule has 2 aliphatic rings. The maximum Gasteiger partial charge on any atom is 0.124 e. The number of methoxy groups -OCH3 is 1. The first kappa shape index (κ1) is 9.88. The van der Waals surface area contributed by atoms with Gasteiger partial charge in [-0.15, -0.1) is 0 Å². The highest BCUT2D eigenvalue weighted by Crippen LogP contribution is 2.66. The van der Waals surface area contributed by atoms with Gasteiger partial charge < -0.3 is 9.53 Å². The van der Waals surface area contributed by atoms with E-state index >= 15 is 0 Å². The summed E-state index contributed by atoms with van der Waals surface area (Å²) < 4.78 is 5.43. The first-order valence-corrected chi connectivity index (χ1v) is 5.91. The molecule has 2 heteroatoms. The maximum atomic E-state index is 11.0. The molecule has 2 fully saturated rings. The highest BCUT2D eigenvalue weighted by molar-refractivity contribution is 5.66. The Balaban J connectivity index is 2.04. The minimum atomic E-state index is 0.119. The molecule has 2 saturated carbocycles. The van der Waals surface area contributed by atoms with Gasteiger partial charge in [0.2, 0.25) is 0 Å². The SMILES string of the molecule is COc1ccccc1C1(C2CC2)CC1C=O. The second-order valence-corrected chi connectivity index (χ2v) is 4.96. The molecule has 0 radical (unpaired) electrons. The summed E-state index contributed by atoms with van der Waals surface area (Å²) in [4.78, 5) is 11.0. The predicted octanol–water partition coefficient (Wildman–Crippen LogP) is 2.56. The molecule has 0 heterocycles. The van der Waals surface area contributed by atoms with E-state index in [2.05, 4.69) is 6.07 Å². The average Bonchev–Trinajstić information content (AvgIpc) is 3.19. The van der Waals surface area contributed by atoms with E-state index in [-0.39, 0.29) is 11.3 Å². The molecule has 0 bridgehead atoms. The van der Waals surface area contributed by atoms with Gasteiger partial charge in [0.05, 0.1) is 7.11 Å². The van der Waals surface area contributed by atoms with Crippen molar-refractivity contribution in [1.82, 2.24) is 0 Å². The van der Waals surface area contributed by atoms with E-state index in [1.807, 2.05) is 18.2 Å². The van der Waals surface area contributed by atoms with Gasteiger partial charge in [-0.3, -0.25) is 0 Å². The van der Waals surface area contributed by atoms with Crippen LogP contribution in [-0.4, -0.2) is 13.4 Å². The molecular weight excluding hydrogens is 200 g/mol. The van der Waals surface area contributed by atoms with Crippen molar-refractivity contribution in [1.29, 1.82) is 0 Å². The van der Waals surface area contributed by atoms with Crippen LogP contribution in [0.15, 0.2) is 24.3 Å². The maximum absolute atomic E-state index is 11.0. The largest absolute Gasteiger partial charge is 0.496 e. The van der Waals surface area contributed by atoms with Gasteiger partial charge in [0.1, 0.15) is 12.0 Å². The van der Waals surface area contributed by atoms with Crippen molar-refractivity contribution in [3.05, 3.63) is 29.8 Å². The standard InChI is InChI=1S/C14H16O2/c1-16-13-5-3-2-4-12(13)14(10-6-7-10)8-11(14)9-15/h2-5,9-11H,6-8H2,1H3. The lowest BCUT2D eigenvalue weighted by Crippen LogP contribution is -2.15. The van der Waals surface area contributed by atoms with E-state index in [4.69, 9.17) is 4.74 Å². The number of rotatable bonds is 4. The van der Waals surface area contributed by atoms with Crippen LogP contribution in [0.25, 0.3) is 0 Å². The second-order valence-electron chi connectivity index (χ2n) is 4.96. The van der Waals surface area contributed by atoms with Crippen LogP contribution in [0.2, 0.25) is 0 Å². The van der Waals surface area contributed by atoms with E-state index in [1.54, 1.807) is 7.11 Å². The van der Waals surface area contributed by atoms with Gasteiger partial charge in [-0.05, 0) is 31.2 Å². The first-order chi connectivity index (χ1) is 7.82. The quantitative estimate of drug-likeness (QED) is 0.723. The zero-order chi connectivity index (χ0) is 11.2. The highest BCUT2D eigenvalue weighted by Gasteiger charge is 2.63. The summed E-state index contributed by atoms with van der Waals surface area (Å²) in [5.41, 5.74) is 1.37. The third kappa shape index (κ3) is 1.22. The third-order valence-corrected chi connectivity index (χ3v) is 4.14. The summed E-state index contributed by atoms with van der Waals surface area (Å²) in [6, 6.07) is 8.16. The van der Waals surface area contributed by atoms with E-state index in [0.717, 1.165) is 18.5 Å². The Morgan fingerprint density at radius 3 is 2.69 bits per heavy atom. The van der Waals surface area contributed by atoms with Gasteiger partial charge in [-0.2, -0.15) is 0 Å². The molecule has 2 aliphatic carbocycles. The summed E-state index contributed by atoms with van der Waals surface area (Å²) in [5.74, 6) is 1.87. The monoisotopic (exact) mass is 216 g/mol. The number of benzene rings is 1. The second kappa shape index (κ2) is 3.34. The van der Waals surface area contributed by atoms with Crippen LogP contribution in [-0.2, 0) is 10.2 Å². The molecule has 0 aromatic heterocycles. The molecule has 2 atom stereocenters. The zero-order valence-electron chi connectivity index (χ0n) is 9.48. The number of aldehydes is 1.